The summed E-state index contributed by atoms with van der Waals surface area (Å²) in [4.78, 5) is 24.4. The first-order chi connectivity index (χ1) is 12.5. The maximum Gasteiger partial charge on any atom is 0.342 e. The number of anilines is 1. The number of hydrogen-bond donors (Lipinski definition) is 2. The molecular formula is C20H16FNO4. The maximum atomic E-state index is 12.9. The molecule has 0 unspecified atom stereocenters. The van der Waals surface area contributed by atoms with Gasteiger partial charge in [-0.2, -0.15) is 0 Å². The van der Waals surface area contributed by atoms with Gasteiger partial charge in [0.2, 0.25) is 0 Å². The molecule has 0 aliphatic rings. The average Bonchev–Trinajstić information content (AvgIpc) is 2.64. The van der Waals surface area contributed by atoms with Crippen LogP contribution in [-0.2, 0) is 9.53 Å². The van der Waals surface area contributed by atoms with Crippen LogP contribution in [0.2, 0.25) is 0 Å². The molecule has 26 heavy (non-hydrogen) atoms. The highest BCUT2D eigenvalue weighted by Gasteiger charge is 2.22. The van der Waals surface area contributed by atoms with Crippen LogP contribution in [0.3, 0.4) is 0 Å². The number of ether oxygens (including phenoxy) is 1. The first kappa shape index (κ1) is 17.4. The number of carbonyl (C=O) groups is 2. The van der Waals surface area contributed by atoms with E-state index < -0.39 is 23.8 Å². The molecule has 0 heterocycles. The summed E-state index contributed by atoms with van der Waals surface area (Å²) in [6.45, 7) is 1.41. The van der Waals surface area contributed by atoms with Gasteiger partial charge in [0.25, 0.3) is 5.91 Å². The molecule has 0 aromatic heterocycles. The molecule has 1 amide bonds. The number of nitrogens with one attached hydrogen (secondary N) is 1. The number of aromatic hydroxyl groups is 1. The Morgan fingerprint density at radius 2 is 1.73 bits per heavy atom. The summed E-state index contributed by atoms with van der Waals surface area (Å²) in [5.41, 5.74) is 0.359. The van der Waals surface area contributed by atoms with Crippen LogP contribution in [0.4, 0.5) is 10.1 Å². The molecule has 3 aromatic carbocycles. The van der Waals surface area contributed by atoms with Crippen LogP contribution in [0.1, 0.15) is 17.3 Å². The molecular weight excluding hydrogens is 337 g/mol. The Morgan fingerprint density at radius 3 is 2.46 bits per heavy atom. The monoisotopic (exact) mass is 353 g/mol. The van der Waals surface area contributed by atoms with E-state index in [1.165, 1.54) is 37.3 Å². The quantitative estimate of drug-likeness (QED) is 0.698. The van der Waals surface area contributed by atoms with Crippen molar-refractivity contribution in [2.45, 2.75) is 13.0 Å². The van der Waals surface area contributed by atoms with Crippen molar-refractivity contribution >= 4 is 28.3 Å². The number of halogens is 1. The summed E-state index contributed by atoms with van der Waals surface area (Å²) in [5, 5.41) is 14.1. The van der Waals surface area contributed by atoms with E-state index in [0.717, 1.165) is 5.39 Å². The molecule has 2 N–H and O–H groups in total. The predicted molar refractivity (Wildman–Crippen MR) is 95.5 cm³/mol. The van der Waals surface area contributed by atoms with Gasteiger partial charge >= 0.3 is 5.97 Å². The van der Waals surface area contributed by atoms with E-state index in [0.29, 0.717) is 11.1 Å². The lowest BCUT2D eigenvalue weighted by molar-refractivity contribution is -0.123. The zero-order valence-corrected chi connectivity index (χ0v) is 13.9. The third-order valence-electron chi connectivity index (χ3n) is 3.89. The molecule has 0 radical (unpaired) electrons. The van der Waals surface area contributed by atoms with Crippen LogP contribution in [0, 0.1) is 5.82 Å². The third kappa shape index (κ3) is 3.64. The highest BCUT2D eigenvalue weighted by Crippen LogP contribution is 2.29. The Kier molecular flexibility index (Phi) is 4.84. The van der Waals surface area contributed by atoms with Gasteiger partial charge in [-0.25, -0.2) is 9.18 Å². The maximum absolute atomic E-state index is 12.9. The number of amides is 1. The van der Waals surface area contributed by atoms with E-state index in [9.17, 15) is 19.1 Å². The molecule has 0 spiro atoms. The van der Waals surface area contributed by atoms with Crippen molar-refractivity contribution in [1.29, 1.82) is 0 Å². The third-order valence-corrected chi connectivity index (χ3v) is 3.89. The number of phenols is 1. The van der Waals surface area contributed by atoms with Crippen molar-refractivity contribution < 1.29 is 23.8 Å². The Hall–Kier alpha value is -3.41. The average molecular weight is 353 g/mol. The van der Waals surface area contributed by atoms with Crippen molar-refractivity contribution in [3.8, 4) is 5.75 Å². The molecule has 0 bridgehead atoms. The number of phenolic OH excluding ortho intramolecular Hbond substituents is 1. The van der Waals surface area contributed by atoms with Crippen molar-refractivity contribution in [1.82, 2.24) is 0 Å². The van der Waals surface area contributed by atoms with Crippen molar-refractivity contribution in [3.63, 3.8) is 0 Å². The molecule has 5 nitrogen and oxygen atoms in total. The van der Waals surface area contributed by atoms with Crippen LogP contribution in [0.15, 0.2) is 60.7 Å². The van der Waals surface area contributed by atoms with E-state index in [4.69, 9.17) is 4.74 Å². The van der Waals surface area contributed by atoms with Gasteiger partial charge in [-0.15, -0.1) is 0 Å². The van der Waals surface area contributed by atoms with Gasteiger partial charge < -0.3 is 15.2 Å². The lowest BCUT2D eigenvalue weighted by atomic mass is 10.1. The Balaban J connectivity index is 1.71. The van der Waals surface area contributed by atoms with Crippen LogP contribution in [-0.4, -0.2) is 23.1 Å². The highest BCUT2D eigenvalue weighted by molar-refractivity contribution is 6.02. The summed E-state index contributed by atoms with van der Waals surface area (Å²) in [6, 6.07) is 15.4. The molecule has 0 saturated carbocycles. The Labute approximate surface area is 149 Å². The SMILES string of the molecule is C[C@@H](OC(=O)c1ccc2ccccc2c1O)C(=O)Nc1ccc(F)cc1. The number of carbonyl (C=O) groups excluding carboxylic acids is 2. The van der Waals surface area contributed by atoms with Gasteiger partial charge in [-0.05, 0) is 42.6 Å². The molecule has 0 aliphatic carbocycles. The summed E-state index contributed by atoms with van der Waals surface area (Å²) in [5.74, 6) is -1.99. The van der Waals surface area contributed by atoms with Crippen LogP contribution >= 0.6 is 0 Å². The highest BCUT2D eigenvalue weighted by atomic mass is 19.1. The zero-order chi connectivity index (χ0) is 18.7. The number of rotatable bonds is 4. The van der Waals surface area contributed by atoms with Gasteiger partial charge in [-0.3, -0.25) is 4.79 Å². The minimum absolute atomic E-state index is 0.0230. The fourth-order valence-electron chi connectivity index (χ4n) is 2.47. The van der Waals surface area contributed by atoms with Crippen LogP contribution in [0.5, 0.6) is 5.75 Å². The molecule has 3 aromatic rings. The first-order valence-electron chi connectivity index (χ1n) is 7.94. The van der Waals surface area contributed by atoms with Gasteiger partial charge in [-0.1, -0.05) is 30.3 Å². The first-order valence-corrected chi connectivity index (χ1v) is 7.94. The predicted octanol–water partition coefficient (Wildman–Crippen LogP) is 3.87. The second-order valence-electron chi connectivity index (χ2n) is 5.73. The van der Waals surface area contributed by atoms with Gasteiger partial charge in [0, 0.05) is 11.1 Å². The largest absolute Gasteiger partial charge is 0.506 e. The molecule has 3 rings (SSSR count). The zero-order valence-electron chi connectivity index (χ0n) is 13.9. The lowest BCUT2D eigenvalue weighted by Crippen LogP contribution is -2.30. The van der Waals surface area contributed by atoms with Crippen molar-refractivity contribution in [2.24, 2.45) is 0 Å². The smallest absolute Gasteiger partial charge is 0.342 e. The van der Waals surface area contributed by atoms with Gasteiger partial charge in [0.15, 0.2) is 6.10 Å². The minimum Gasteiger partial charge on any atom is -0.506 e. The van der Waals surface area contributed by atoms with E-state index in [1.54, 1.807) is 18.2 Å². The number of fused-ring (bicyclic) bond motifs is 1. The Bertz CT molecular complexity index is 969. The Morgan fingerprint density at radius 1 is 1.04 bits per heavy atom. The normalized spacial score (nSPS) is 11.8. The number of hydrogen-bond acceptors (Lipinski definition) is 4. The molecule has 6 heteroatoms. The molecule has 132 valence electrons. The number of esters is 1. The summed E-state index contributed by atoms with van der Waals surface area (Å²) in [7, 11) is 0. The topological polar surface area (TPSA) is 75.6 Å². The fraction of sp³-hybridized carbons (Fsp3) is 0.100. The van der Waals surface area contributed by atoms with E-state index in [1.807, 2.05) is 12.1 Å². The lowest BCUT2D eigenvalue weighted by Gasteiger charge is -2.14. The van der Waals surface area contributed by atoms with E-state index in [-0.39, 0.29) is 11.3 Å². The molecule has 0 aliphatic heterocycles. The van der Waals surface area contributed by atoms with Crippen molar-refractivity contribution in [2.75, 3.05) is 5.32 Å². The number of benzene rings is 3. The van der Waals surface area contributed by atoms with Crippen LogP contribution in [0.25, 0.3) is 10.8 Å². The molecule has 1 atom stereocenters. The van der Waals surface area contributed by atoms with Crippen molar-refractivity contribution in [3.05, 3.63) is 72.0 Å². The minimum atomic E-state index is -1.10. The molecule has 0 fully saturated rings. The summed E-state index contributed by atoms with van der Waals surface area (Å²) < 4.78 is 18.0. The second kappa shape index (κ2) is 7.23. The van der Waals surface area contributed by atoms with Gasteiger partial charge in [0.05, 0.1) is 0 Å². The van der Waals surface area contributed by atoms with E-state index >= 15 is 0 Å². The summed E-state index contributed by atoms with van der Waals surface area (Å²) in [6.07, 6.45) is -1.10. The fourth-order valence-corrected chi connectivity index (χ4v) is 2.47. The van der Waals surface area contributed by atoms with Gasteiger partial charge in [0.1, 0.15) is 17.1 Å². The van der Waals surface area contributed by atoms with Crippen LogP contribution < -0.4 is 5.32 Å². The summed E-state index contributed by atoms with van der Waals surface area (Å²) >= 11 is 0. The van der Waals surface area contributed by atoms with E-state index in [2.05, 4.69) is 5.32 Å². The standard InChI is InChI=1S/C20H16FNO4/c1-12(19(24)22-15-9-7-14(21)8-10-15)26-20(25)17-11-6-13-4-2-3-5-16(13)18(17)23/h2-12,23H,1H3,(H,22,24)/t12-/m1/s1. The second-order valence-corrected chi connectivity index (χ2v) is 5.73. The molecule has 0 saturated heterocycles.